The van der Waals surface area contributed by atoms with Gasteiger partial charge in [0.1, 0.15) is 11.4 Å². The number of hydrogen-bond acceptors (Lipinski definition) is 3. The molecule has 2 heterocycles. The van der Waals surface area contributed by atoms with Gasteiger partial charge in [-0.25, -0.2) is 0 Å². The Hall–Kier alpha value is -2.30. The summed E-state index contributed by atoms with van der Waals surface area (Å²) in [4.78, 5) is 15.1. The van der Waals surface area contributed by atoms with Crippen LogP contribution >= 0.6 is 0 Å². The van der Waals surface area contributed by atoms with Crippen molar-refractivity contribution in [2.45, 2.75) is 45.1 Å². The Morgan fingerprint density at radius 1 is 1.33 bits per heavy atom. The minimum Gasteiger partial charge on any atom is -0.497 e. The van der Waals surface area contributed by atoms with E-state index in [1.54, 1.807) is 7.11 Å². The first-order valence-corrected chi connectivity index (χ1v) is 8.79. The number of hydrogen-bond donors (Lipinski definition) is 0. The van der Waals surface area contributed by atoms with Crippen LogP contribution in [0.15, 0.2) is 24.3 Å². The minimum atomic E-state index is 0.0728. The summed E-state index contributed by atoms with van der Waals surface area (Å²) < 4.78 is 7.33. The molecular formula is C19H23N3O2. The molecule has 4 rings (SSSR count). The Kier molecular flexibility index (Phi) is 3.79. The molecule has 24 heavy (non-hydrogen) atoms. The molecule has 0 saturated heterocycles. The van der Waals surface area contributed by atoms with Crippen molar-refractivity contribution < 1.29 is 9.53 Å². The molecule has 1 aliphatic carbocycles. The number of nitrogens with zero attached hydrogens (tertiary/aromatic N) is 3. The van der Waals surface area contributed by atoms with Crippen LogP contribution in [0.3, 0.4) is 0 Å². The molecule has 1 amide bonds. The molecule has 1 aliphatic heterocycles. The van der Waals surface area contributed by atoms with Gasteiger partial charge in [0, 0.05) is 23.9 Å². The highest BCUT2D eigenvalue weighted by atomic mass is 16.5. The number of fused-ring (bicyclic) bond motifs is 1. The zero-order valence-corrected chi connectivity index (χ0v) is 14.3. The van der Waals surface area contributed by atoms with Crippen LogP contribution in [-0.4, -0.2) is 29.3 Å². The van der Waals surface area contributed by atoms with Crippen molar-refractivity contribution in [1.29, 1.82) is 0 Å². The zero-order chi connectivity index (χ0) is 16.7. The zero-order valence-electron chi connectivity index (χ0n) is 14.3. The van der Waals surface area contributed by atoms with Gasteiger partial charge >= 0.3 is 0 Å². The van der Waals surface area contributed by atoms with E-state index in [9.17, 15) is 4.79 Å². The van der Waals surface area contributed by atoms with Crippen LogP contribution in [0.5, 0.6) is 5.75 Å². The fourth-order valence-corrected chi connectivity index (χ4v) is 3.66. The lowest BCUT2D eigenvalue weighted by atomic mass is 9.92. The molecule has 2 aliphatic rings. The van der Waals surface area contributed by atoms with E-state index < -0.39 is 0 Å². The molecule has 1 fully saturated rings. The second-order valence-corrected chi connectivity index (χ2v) is 6.56. The van der Waals surface area contributed by atoms with Gasteiger partial charge < -0.3 is 9.64 Å². The average Bonchev–Trinajstić information content (AvgIpc) is 2.93. The van der Waals surface area contributed by atoms with Gasteiger partial charge in [-0.05, 0) is 44.2 Å². The van der Waals surface area contributed by atoms with Crippen molar-refractivity contribution in [2.75, 3.05) is 18.6 Å². The van der Waals surface area contributed by atoms with Gasteiger partial charge in [0.2, 0.25) is 0 Å². The number of ether oxygens (including phenoxy) is 1. The molecule has 1 saturated carbocycles. The van der Waals surface area contributed by atoms with Crippen LogP contribution in [0.25, 0.3) is 0 Å². The Labute approximate surface area is 142 Å². The lowest BCUT2D eigenvalue weighted by molar-refractivity contribution is 0.0962. The maximum absolute atomic E-state index is 13.2. The third kappa shape index (κ3) is 2.30. The fraction of sp³-hybridized carbons (Fsp3) is 0.474. The van der Waals surface area contributed by atoms with Crippen molar-refractivity contribution in [3.8, 4) is 5.75 Å². The van der Waals surface area contributed by atoms with E-state index in [2.05, 4.69) is 6.92 Å². The summed E-state index contributed by atoms with van der Waals surface area (Å²) in [6.45, 7) is 2.81. The van der Waals surface area contributed by atoms with Crippen molar-refractivity contribution in [2.24, 2.45) is 0 Å². The van der Waals surface area contributed by atoms with E-state index in [1.165, 1.54) is 6.42 Å². The van der Waals surface area contributed by atoms with Gasteiger partial charge in [0.15, 0.2) is 0 Å². The van der Waals surface area contributed by atoms with Crippen LogP contribution in [0, 0.1) is 0 Å². The highest BCUT2D eigenvalue weighted by Crippen LogP contribution is 2.36. The van der Waals surface area contributed by atoms with Gasteiger partial charge in [-0.15, -0.1) is 0 Å². The largest absolute Gasteiger partial charge is 0.497 e. The Morgan fingerprint density at radius 3 is 2.83 bits per heavy atom. The number of aromatic nitrogens is 2. The number of carbonyl (C=O) groups is 1. The number of benzene rings is 1. The summed E-state index contributed by atoms with van der Waals surface area (Å²) in [6.07, 6.45) is 5.24. The highest BCUT2D eigenvalue weighted by molar-refractivity contribution is 6.07. The van der Waals surface area contributed by atoms with Crippen molar-refractivity contribution in [3.63, 3.8) is 0 Å². The van der Waals surface area contributed by atoms with E-state index in [0.29, 0.717) is 12.6 Å². The van der Waals surface area contributed by atoms with Crippen LogP contribution in [0.1, 0.15) is 54.0 Å². The van der Waals surface area contributed by atoms with E-state index in [4.69, 9.17) is 9.84 Å². The second-order valence-electron chi connectivity index (χ2n) is 6.56. The highest BCUT2D eigenvalue weighted by Gasteiger charge is 2.35. The number of aryl methyl sites for hydroxylation is 1. The Morgan fingerprint density at radius 2 is 2.17 bits per heavy atom. The minimum absolute atomic E-state index is 0.0728. The molecule has 0 N–H and O–H groups in total. The fourth-order valence-electron chi connectivity index (χ4n) is 3.66. The molecule has 0 bridgehead atoms. The third-order valence-corrected chi connectivity index (χ3v) is 5.25. The van der Waals surface area contributed by atoms with Crippen molar-refractivity contribution in [1.82, 2.24) is 9.78 Å². The second kappa shape index (κ2) is 5.96. The molecule has 5 heteroatoms. The van der Waals surface area contributed by atoms with Crippen LogP contribution in [0.4, 0.5) is 5.69 Å². The SMILES string of the molecule is CCc1nn(C2CCC2)c2c1CCN(c1cccc(OC)c1)C2=O. The summed E-state index contributed by atoms with van der Waals surface area (Å²) in [7, 11) is 1.65. The molecule has 0 unspecified atom stereocenters. The lowest BCUT2D eigenvalue weighted by Gasteiger charge is -2.32. The summed E-state index contributed by atoms with van der Waals surface area (Å²) in [6, 6.07) is 8.12. The molecule has 0 atom stereocenters. The van der Waals surface area contributed by atoms with Crippen LogP contribution in [-0.2, 0) is 12.8 Å². The number of methoxy groups -OCH3 is 1. The number of carbonyl (C=O) groups excluding carboxylic acids is 1. The third-order valence-electron chi connectivity index (χ3n) is 5.25. The first kappa shape index (κ1) is 15.2. The summed E-state index contributed by atoms with van der Waals surface area (Å²) >= 11 is 0. The van der Waals surface area contributed by atoms with E-state index in [-0.39, 0.29) is 5.91 Å². The molecule has 2 aromatic rings. The molecule has 1 aromatic heterocycles. The maximum Gasteiger partial charge on any atom is 0.276 e. The average molecular weight is 325 g/mol. The summed E-state index contributed by atoms with van der Waals surface area (Å²) in [5.41, 5.74) is 3.96. The molecule has 1 aromatic carbocycles. The number of amides is 1. The number of anilines is 1. The molecule has 126 valence electrons. The lowest BCUT2D eigenvalue weighted by Crippen LogP contribution is -2.40. The van der Waals surface area contributed by atoms with Gasteiger partial charge in [0.25, 0.3) is 5.91 Å². The first-order valence-electron chi connectivity index (χ1n) is 8.79. The molecule has 5 nitrogen and oxygen atoms in total. The Bertz CT molecular complexity index is 777. The van der Waals surface area contributed by atoms with Crippen LogP contribution in [0.2, 0.25) is 0 Å². The standard InChI is InChI=1S/C19H23N3O2/c1-3-17-16-10-11-21(14-8-5-9-15(12-14)24-2)19(23)18(16)22(20-17)13-6-4-7-13/h5,8-9,12-13H,3-4,6-7,10-11H2,1-2H3. The number of rotatable bonds is 4. The van der Waals surface area contributed by atoms with Crippen LogP contribution < -0.4 is 9.64 Å². The summed E-state index contributed by atoms with van der Waals surface area (Å²) in [5.74, 6) is 0.844. The van der Waals surface area contributed by atoms with Gasteiger partial charge in [0.05, 0.1) is 18.8 Å². The summed E-state index contributed by atoms with van der Waals surface area (Å²) in [5, 5.41) is 4.79. The van der Waals surface area contributed by atoms with E-state index in [1.807, 2.05) is 33.8 Å². The predicted octanol–water partition coefficient (Wildman–Crippen LogP) is 3.38. The van der Waals surface area contributed by atoms with Gasteiger partial charge in [-0.2, -0.15) is 5.10 Å². The van der Waals surface area contributed by atoms with Crippen molar-refractivity contribution >= 4 is 11.6 Å². The monoisotopic (exact) mass is 325 g/mol. The smallest absolute Gasteiger partial charge is 0.276 e. The maximum atomic E-state index is 13.2. The quantitative estimate of drug-likeness (QED) is 0.866. The van der Waals surface area contributed by atoms with E-state index in [0.717, 1.165) is 54.1 Å². The molecule has 0 spiro atoms. The predicted molar refractivity (Wildman–Crippen MR) is 92.9 cm³/mol. The first-order chi connectivity index (χ1) is 11.7. The van der Waals surface area contributed by atoms with Crippen molar-refractivity contribution in [3.05, 3.63) is 41.2 Å². The van der Waals surface area contributed by atoms with Gasteiger partial charge in [-0.1, -0.05) is 13.0 Å². The Balaban J connectivity index is 1.74. The van der Waals surface area contributed by atoms with E-state index >= 15 is 0 Å². The van der Waals surface area contributed by atoms with Gasteiger partial charge in [-0.3, -0.25) is 9.48 Å². The topological polar surface area (TPSA) is 47.4 Å². The molecule has 0 radical (unpaired) electrons. The molecular weight excluding hydrogens is 302 g/mol. The normalized spacial score (nSPS) is 17.6.